The van der Waals surface area contributed by atoms with E-state index >= 15 is 0 Å². The van der Waals surface area contributed by atoms with Crippen LogP contribution in [-0.2, 0) is 12.7 Å². The molecule has 2 aromatic heterocycles. The summed E-state index contributed by atoms with van der Waals surface area (Å²) in [6.07, 6.45) is -3.52. The van der Waals surface area contributed by atoms with E-state index in [9.17, 15) is 23.3 Å². The van der Waals surface area contributed by atoms with Gasteiger partial charge in [0, 0.05) is 12.3 Å². The van der Waals surface area contributed by atoms with Gasteiger partial charge < -0.3 is 5.73 Å². The highest BCUT2D eigenvalue weighted by Gasteiger charge is 2.38. The van der Waals surface area contributed by atoms with Crippen LogP contribution in [0.15, 0.2) is 24.4 Å². The maximum absolute atomic E-state index is 13.1. The molecule has 0 atom stereocenters. The molecule has 0 aliphatic carbocycles. The number of nitrogens with two attached hydrogens (primary N) is 1. The number of fused-ring (bicyclic) bond motifs is 1. The number of nitro benzene ring substituents is 1. The van der Waals surface area contributed by atoms with Crippen LogP contribution in [0.2, 0.25) is 5.15 Å². The number of alkyl halides is 3. The minimum absolute atomic E-state index is 0.0509. The van der Waals surface area contributed by atoms with Crippen LogP contribution in [0.1, 0.15) is 11.1 Å². The third kappa shape index (κ3) is 3.18. The smallest absolute Gasteiger partial charge is 0.368 e. The summed E-state index contributed by atoms with van der Waals surface area (Å²) in [7, 11) is 0. The Morgan fingerprint density at radius 3 is 2.72 bits per heavy atom. The largest absolute Gasteiger partial charge is 0.423 e. The Labute approximate surface area is 142 Å². The molecule has 130 valence electrons. The van der Waals surface area contributed by atoms with Gasteiger partial charge in [0.25, 0.3) is 5.69 Å². The molecular formula is C13H8ClF3N6O2. The fourth-order valence-corrected chi connectivity index (χ4v) is 2.51. The van der Waals surface area contributed by atoms with Crippen molar-refractivity contribution >= 4 is 34.3 Å². The fourth-order valence-electron chi connectivity index (χ4n) is 2.29. The number of nitrogen functional groups attached to an aromatic ring is 1. The van der Waals surface area contributed by atoms with Crippen LogP contribution in [0, 0.1) is 10.1 Å². The average molecular weight is 373 g/mol. The van der Waals surface area contributed by atoms with Gasteiger partial charge >= 0.3 is 6.18 Å². The van der Waals surface area contributed by atoms with Crippen LogP contribution in [0.5, 0.6) is 0 Å². The zero-order valence-corrected chi connectivity index (χ0v) is 12.9. The lowest BCUT2D eigenvalue weighted by Gasteiger charge is -2.10. The zero-order valence-electron chi connectivity index (χ0n) is 12.2. The van der Waals surface area contributed by atoms with Crippen LogP contribution in [0.25, 0.3) is 11.0 Å². The predicted molar refractivity (Wildman–Crippen MR) is 81.9 cm³/mol. The van der Waals surface area contributed by atoms with Crippen molar-refractivity contribution in [1.29, 1.82) is 0 Å². The van der Waals surface area contributed by atoms with E-state index in [1.54, 1.807) is 0 Å². The van der Waals surface area contributed by atoms with E-state index < -0.39 is 22.4 Å². The van der Waals surface area contributed by atoms with Gasteiger partial charge in [-0.1, -0.05) is 17.7 Å². The average Bonchev–Trinajstić information content (AvgIpc) is 2.81. The van der Waals surface area contributed by atoms with Crippen LogP contribution in [-0.4, -0.2) is 24.7 Å². The SMILES string of the molecule is Nc1ncc2c(Cl)nn(Cc3ccc([N+](=O)[O-])c(C(F)(F)F)c3)c2n1. The highest BCUT2D eigenvalue weighted by molar-refractivity contribution is 6.34. The summed E-state index contributed by atoms with van der Waals surface area (Å²) in [6.45, 7) is -0.138. The minimum atomic E-state index is -4.87. The van der Waals surface area contributed by atoms with Gasteiger partial charge in [-0.3, -0.25) is 10.1 Å². The van der Waals surface area contributed by atoms with Crippen LogP contribution < -0.4 is 5.73 Å². The zero-order chi connectivity index (χ0) is 18.4. The van der Waals surface area contributed by atoms with E-state index in [2.05, 4.69) is 15.1 Å². The second-order valence-electron chi connectivity index (χ2n) is 5.02. The second kappa shape index (κ2) is 5.84. The molecule has 0 fully saturated rings. The minimum Gasteiger partial charge on any atom is -0.368 e. The molecule has 2 heterocycles. The van der Waals surface area contributed by atoms with Crippen LogP contribution in [0.4, 0.5) is 24.8 Å². The summed E-state index contributed by atoms with van der Waals surface area (Å²) < 4.78 is 40.4. The Bertz CT molecular complexity index is 988. The van der Waals surface area contributed by atoms with E-state index in [1.165, 1.54) is 16.9 Å². The topological polar surface area (TPSA) is 113 Å². The molecule has 8 nitrogen and oxygen atoms in total. The van der Waals surface area contributed by atoms with E-state index in [1.807, 2.05) is 0 Å². The van der Waals surface area contributed by atoms with Crippen molar-refractivity contribution in [3.63, 3.8) is 0 Å². The third-order valence-corrected chi connectivity index (χ3v) is 3.64. The second-order valence-corrected chi connectivity index (χ2v) is 5.38. The van der Waals surface area contributed by atoms with Gasteiger partial charge in [0.15, 0.2) is 10.8 Å². The Kier molecular flexibility index (Phi) is 3.95. The Balaban J connectivity index is 2.07. The lowest BCUT2D eigenvalue weighted by Crippen LogP contribution is -2.11. The molecule has 0 unspecified atom stereocenters. The van der Waals surface area contributed by atoms with Gasteiger partial charge in [0.2, 0.25) is 5.95 Å². The summed E-state index contributed by atoms with van der Waals surface area (Å²) in [5.41, 5.74) is 3.51. The molecule has 0 aliphatic heterocycles. The molecule has 0 saturated heterocycles. The molecule has 2 N–H and O–H groups in total. The fraction of sp³-hybridized carbons (Fsp3) is 0.154. The summed E-state index contributed by atoms with van der Waals surface area (Å²) >= 11 is 5.94. The first-order valence-electron chi connectivity index (χ1n) is 6.66. The summed E-state index contributed by atoms with van der Waals surface area (Å²) in [5.74, 6) is -0.0509. The molecule has 0 radical (unpaired) electrons. The molecule has 3 rings (SSSR count). The summed E-state index contributed by atoms with van der Waals surface area (Å²) in [6, 6.07) is 2.71. The molecular weight excluding hydrogens is 365 g/mol. The van der Waals surface area contributed by atoms with Gasteiger partial charge in [0.1, 0.15) is 5.56 Å². The van der Waals surface area contributed by atoms with E-state index in [0.717, 1.165) is 6.07 Å². The van der Waals surface area contributed by atoms with Gasteiger partial charge in [-0.15, -0.1) is 0 Å². The van der Waals surface area contributed by atoms with Crippen molar-refractivity contribution in [2.24, 2.45) is 0 Å². The highest BCUT2D eigenvalue weighted by Crippen LogP contribution is 2.36. The number of hydrogen-bond acceptors (Lipinski definition) is 6. The van der Waals surface area contributed by atoms with Crippen molar-refractivity contribution < 1.29 is 18.1 Å². The number of nitro groups is 1. The number of aromatic nitrogens is 4. The number of anilines is 1. The van der Waals surface area contributed by atoms with E-state index in [-0.39, 0.29) is 28.9 Å². The van der Waals surface area contributed by atoms with Crippen molar-refractivity contribution in [2.45, 2.75) is 12.7 Å². The van der Waals surface area contributed by atoms with Crippen molar-refractivity contribution in [3.05, 3.63) is 50.8 Å². The van der Waals surface area contributed by atoms with Gasteiger partial charge in [-0.2, -0.15) is 23.3 Å². The Hall–Kier alpha value is -2.95. The van der Waals surface area contributed by atoms with Crippen LogP contribution >= 0.6 is 11.6 Å². The van der Waals surface area contributed by atoms with Crippen molar-refractivity contribution in [3.8, 4) is 0 Å². The molecule has 0 saturated carbocycles. The number of hydrogen-bond donors (Lipinski definition) is 1. The normalized spacial score (nSPS) is 11.8. The third-order valence-electron chi connectivity index (χ3n) is 3.36. The standard InChI is InChI=1S/C13H8ClF3N6O2/c14-10-7-4-19-12(18)20-11(7)22(21-10)5-6-1-2-9(23(24)25)8(3-6)13(15,16)17/h1-4H,5H2,(H2,18,19,20). The molecule has 1 aromatic carbocycles. The molecule has 0 spiro atoms. The van der Waals surface area contributed by atoms with Gasteiger partial charge in [0.05, 0.1) is 16.9 Å². The number of nitrogens with zero attached hydrogens (tertiary/aromatic N) is 5. The maximum Gasteiger partial charge on any atom is 0.423 e. The Morgan fingerprint density at radius 2 is 2.08 bits per heavy atom. The molecule has 3 aromatic rings. The number of rotatable bonds is 3. The lowest BCUT2D eigenvalue weighted by atomic mass is 10.1. The van der Waals surface area contributed by atoms with Crippen molar-refractivity contribution in [1.82, 2.24) is 19.7 Å². The first kappa shape index (κ1) is 16.9. The quantitative estimate of drug-likeness (QED) is 0.558. The molecule has 0 aliphatic rings. The van der Waals surface area contributed by atoms with Gasteiger partial charge in [-0.25, -0.2) is 9.67 Å². The monoisotopic (exact) mass is 372 g/mol. The van der Waals surface area contributed by atoms with Crippen molar-refractivity contribution in [2.75, 3.05) is 5.73 Å². The highest BCUT2D eigenvalue weighted by atomic mass is 35.5. The van der Waals surface area contributed by atoms with Crippen LogP contribution in [0.3, 0.4) is 0 Å². The maximum atomic E-state index is 13.1. The Morgan fingerprint density at radius 1 is 1.36 bits per heavy atom. The molecule has 0 bridgehead atoms. The summed E-state index contributed by atoms with van der Waals surface area (Å²) in [4.78, 5) is 17.4. The summed E-state index contributed by atoms with van der Waals surface area (Å²) in [5, 5.41) is 15.2. The number of halogens is 4. The first-order chi connectivity index (χ1) is 11.7. The molecule has 25 heavy (non-hydrogen) atoms. The van der Waals surface area contributed by atoms with Gasteiger partial charge in [-0.05, 0) is 11.6 Å². The number of benzene rings is 1. The lowest BCUT2D eigenvalue weighted by molar-refractivity contribution is -0.388. The molecule has 0 amide bonds. The predicted octanol–water partition coefficient (Wildman–Crippen LogP) is 3.04. The van der Waals surface area contributed by atoms with E-state index in [4.69, 9.17) is 17.3 Å². The molecule has 12 heteroatoms. The first-order valence-corrected chi connectivity index (χ1v) is 7.03. The van der Waals surface area contributed by atoms with E-state index in [0.29, 0.717) is 11.5 Å².